The number of unbranched alkanes of at least 4 members (excludes halogenated alkanes) is 1. The number of nitrogens with two attached hydrogens (primary N) is 1. The number of aromatic nitrogens is 1. The van der Waals surface area contributed by atoms with Gasteiger partial charge in [-0.15, -0.1) is 0 Å². The maximum Gasteiger partial charge on any atom is 0.209 e. The molecule has 16 heavy (non-hydrogen) atoms. The lowest BCUT2D eigenvalue weighted by Gasteiger charge is -2.00. The highest BCUT2D eigenvalue weighted by atomic mass is 79.9. The summed E-state index contributed by atoms with van der Waals surface area (Å²) in [5.74, 6) is 0.586. The van der Waals surface area contributed by atoms with E-state index in [-0.39, 0.29) is 0 Å². The number of aryl methyl sites for hydroxylation is 1. The quantitative estimate of drug-likeness (QED) is 0.935. The molecule has 0 unspecified atom stereocenters. The Balaban J connectivity index is 2.40. The van der Waals surface area contributed by atoms with E-state index in [4.69, 9.17) is 10.2 Å². The fraction of sp³-hybridized carbons (Fsp3) is 0.417. The van der Waals surface area contributed by atoms with Crippen molar-refractivity contribution < 1.29 is 4.42 Å². The summed E-state index contributed by atoms with van der Waals surface area (Å²) in [6.45, 7) is 2.53. The summed E-state index contributed by atoms with van der Waals surface area (Å²) in [6, 6.07) is 4.18. The van der Waals surface area contributed by atoms with Crippen LogP contribution in [0.4, 0.5) is 0 Å². The number of hydrogen-bond acceptors (Lipinski definition) is 3. The van der Waals surface area contributed by atoms with Gasteiger partial charge in [0, 0.05) is 0 Å². The lowest BCUT2D eigenvalue weighted by molar-refractivity contribution is 0.532. The molecule has 4 heteroatoms. The Labute approximate surface area is 103 Å². The second-order valence-corrected chi connectivity index (χ2v) is 4.70. The highest BCUT2D eigenvalue weighted by molar-refractivity contribution is 9.10. The van der Waals surface area contributed by atoms with Crippen molar-refractivity contribution in [2.24, 2.45) is 5.73 Å². The zero-order valence-corrected chi connectivity index (χ0v) is 10.9. The molecule has 1 aromatic heterocycles. The number of hydrogen-bond donors (Lipinski definition) is 1. The van der Waals surface area contributed by atoms with Crippen LogP contribution in [0.1, 0.15) is 31.2 Å². The third-order valence-electron chi connectivity index (χ3n) is 2.54. The molecule has 0 fully saturated rings. The van der Waals surface area contributed by atoms with Crippen molar-refractivity contribution in [2.75, 3.05) is 0 Å². The number of oxazole rings is 1. The van der Waals surface area contributed by atoms with E-state index in [1.54, 1.807) is 0 Å². The van der Waals surface area contributed by atoms with Crippen LogP contribution in [0.25, 0.3) is 11.1 Å². The van der Waals surface area contributed by atoms with Gasteiger partial charge in [-0.2, -0.15) is 0 Å². The first-order valence-electron chi connectivity index (χ1n) is 5.52. The summed E-state index contributed by atoms with van der Waals surface area (Å²) in [5.41, 5.74) is 8.48. The highest BCUT2D eigenvalue weighted by Crippen LogP contribution is 2.27. The third kappa shape index (κ3) is 2.28. The summed E-state index contributed by atoms with van der Waals surface area (Å²) < 4.78 is 6.49. The molecule has 0 atom stereocenters. The van der Waals surface area contributed by atoms with Crippen LogP contribution >= 0.6 is 15.9 Å². The van der Waals surface area contributed by atoms with E-state index in [1.807, 2.05) is 0 Å². The molecule has 0 saturated heterocycles. The normalized spacial score (nSPS) is 11.2. The summed E-state index contributed by atoms with van der Waals surface area (Å²) >= 11 is 3.51. The molecule has 0 amide bonds. The van der Waals surface area contributed by atoms with Gasteiger partial charge in [-0.1, -0.05) is 13.3 Å². The summed E-state index contributed by atoms with van der Waals surface area (Å²) in [5, 5.41) is 0. The van der Waals surface area contributed by atoms with Gasteiger partial charge in [0.15, 0.2) is 5.58 Å². The maximum atomic E-state index is 5.52. The van der Waals surface area contributed by atoms with Crippen molar-refractivity contribution in [3.05, 3.63) is 28.1 Å². The Kier molecular flexibility index (Phi) is 3.61. The molecule has 3 nitrogen and oxygen atoms in total. The average Bonchev–Trinajstić information content (AvgIpc) is 2.70. The molecular formula is C12H15BrN2O. The lowest BCUT2D eigenvalue weighted by Crippen LogP contribution is -1.95. The third-order valence-corrected chi connectivity index (χ3v) is 3.13. The molecule has 0 bridgehead atoms. The van der Waals surface area contributed by atoms with Crippen molar-refractivity contribution in [3.63, 3.8) is 0 Å². The Morgan fingerprint density at radius 2 is 2.25 bits per heavy atom. The van der Waals surface area contributed by atoms with Crippen LogP contribution in [0.5, 0.6) is 0 Å². The van der Waals surface area contributed by atoms with E-state index in [0.717, 1.165) is 22.0 Å². The van der Waals surface area contributed by atoms with E-state index < -0.39 is 0 Å². The minimum Gasteiger partial charge on any atom is -0.438 e. The van der Waals surface area contributed by atoms with Crippen LogP contribution in [0.3, 0.4) is 0 Å². The molecule has 2 rings (SSSR count). The molecule has 0 saturated carbocycles. The van der Waals surface area contributed by atoms with Crippen molar-refractivity contribution in [1.29, 1.82) is 0 Å². The smallest absolute Gasteiger partial charge is 0.209 e. The van der Waals surface area contributed by atoms with Crippen molar-refractivity contribution >= 4 is 27.0 Å². The Morgan fingerprint density at radius 1 is 1.44 bits per heavy atom. The summed E-state index contributed by atoms with van der Waals surface area (Å²) in [4.78, 5) is 4.34. The molecule has 86 valence electrons. The molecule has 2 aromatic rings. The second kappa shape index (κ2) is 4.97. The van der Waals surface area contributed by atoms with Crippen LogP contribution in [-0.2, 0) is 13.0 Å². The van der Waals surface area contributed by atoms with Gasteiger partial charge >= 0.3 is 0 Å². The molecule has 1 heterocycles. The predicted octanol–water partition coefficient (Wildman–Crippen LogP) is 3.39. The van der Waals surface area contributed by atoms with Gasteiger partial charge in [-0.25, -0.2) is 4.98 Å². The number of benzene rings is 1. The number of fused-ring (bicyclic) bond motifs is 1. The molecule has 2 N–H and O–H groups in total. The first kappa shape index (κ1) is 11.6. The molecule has 0 radical (unpaired) electrons. The second-order valence-electron chi connectivity index (χ2n) is 3.84. The number of nitrogens with zero attached hydrogens (tertiary/aromatic N) is 1. The fourth-order valence-corrected chi connectivity index (χ4v) is 2.28. The predicted molar refractivity (Wildman–Crippen MR) is 68.2 cm³/mol. The van der Waals surface area contributed by atoms with E-state index in [9.17, 15) is 0 Å². The minimum absolute atomic E-state index is 0.339. The van der Waals surface area contributed by atoms with Gasteiger partial charge in [-0.05, 0) is 46.5 Å². The van der Waals surface area contributed by atoms with Crippen molar-refractivity contribution in [3.8, 4) is 0 Å². The number of rotatable bonds is 4. The molecule has 0 aliphatic rings. The summed E-state index contributed by atoms with van der Waals surface area (Å²) in [7, 11) is 0. The largest absolute Gasteiger partial charge is 0.438 e. The van der Waals surface area contributed by atoms with Gasteiger partial charge < -0.3 is 10.2 Å². The van der Waals surface area contributed by atoms with E-state index in [2.05, 4.69) is 40.0 Å². The molecular weight excluding hydrogens is 268 g/mol. The Hall–Kier alpha value is -0.870. The molecule has 0 spiro atoms. The van der Waals surface area contributed by atoms with E-state index >= 15 is 0 Å². The van der Waals surface area contributed by atoms with Gasteiger partial charge in [0.1, 0.15) is 5.52 Å². The monoisotopic (exact) mass is 282 g/mol. The van der Waals surface area contributed by atoms with E-state index in [0.29, 0.717) is 12.4 Å². The summed E-state index contributed by atoms with van der Waals surface area (Å²) in [6.07, 6.45) is 3.47. The lowest BCUT2D eigenvalue weighted by atomic mass is 10.1. The Morgan fingerprint density at radius 3 is 2.94 bits per heavy atom. The van der Waals surface area contributed by atoms with Crippen molar-refractivity contribution in [1.82, 2.24) is 4.98 Å². The molecule has 0 aliphatic carbocycles. The molecule has 0 aliphatic heterocycles. The molecule has 1 aromatic carbocycles. The SMILES string of the molecule is CCCCc1cc(Br)c2oc(CN)nc2c1. The average molecular weight is 283 g/mol. The van der Waals surface area contributed by atoms with Crippen LogP contribution in [0.2, 0.25) is 0 Å². The maximum absolute atomic E-state index is 5.52. The van der Waals surface area contributed by atoms with Gasteiger partial charge in [0.25, 0.3) is 0 Å². The number of halogens is 1. The van der Waals surface area contributed by atoms with Crippen LogP contribution < -0.4 is 5.73 Å². The zero-order chi connectivity index (χ0) is 11.5. The standard InChI is InChI=1S/C12H15BrN2O/c1-2-3-4-8-5-9(13)12-10(6-8)15-11(7-14)16-12/h5-6H,2-4,7,14H2,1H3. The van der Waals surface area contributed by atoms with Gasteiger partial charge in [0.2, 0.25) is 5.89 Å². The minimum atomic E-state index is 0.339. The fourth-order valence-electron chi connectivity index (χ4n) is 1.71. The first-order chi connectivity index (χ1) is 7.74. The van der Waals surface area contributed by atoms with Crippen LogP contribution in [0, 0.1) is 0 Å². The zero-order valence-electron chi connectivity index (χ0n) is 9.29. The Bertz CT molecular complexity index is 493. The van der Waals surface area contributed by atoms with Crippen LogP contribution in [0.15, 0.2) is 21.0 Å². The van der Waals surface area contributed by atoms with Crippen LogP contribution in [-0.4, -0.2) is 4.98 Å². The highest BCUT2D eigenvalue weighted by Gasteiger charge is 2.09. The van der Waals surface area contributed by atoms with Gasteiger partial charge in [0.05, 0.1) is 11.0 Å². The van der Waals surface area contributed by atoms with Crippen molar-refractivity contribution in [2.45, 2.75) is 32.7 Å². The topological polar surface area (TPSA) is 52.0 Å². The van der Waals surface area contributed by atoms with E-state index in [1.165, 1.54) is 18.4 Å². The first-order valence-corrected chi connectivity index (χ1v) is 6.31. The van der Waals surface area contributed by atoms with Gasteiger partial charge in [-0.3, -0.25) is 0 Å².